The lowest BCUT2D eigenvalue weighted by Gasteiger charge is -2.24. The highest BCUT2D eigenvalue weighted by molar-refractivity contribution is 7.59. The van der Waals surface area contributed by atoms with Gasteiger partial charge in [0.05, 0.1) is 41.4 Å². The first kappa shape index (κ1) is 115. The number of aromatic nitrogens is 4. The standard InChI is InChI=1S/C27H29N5O4.C15H21N3O4.C14H12ClN3O3.C12H15N3O3.C12H17N3O.C10H13N3O2.C2H3ClO.4H2S/c1-4-25(34)29-22-6-5-7-23(15-22)36-26-24(35-3)16-28-27(31-26)30-21-10-8-19(9-11-21)14-20-12-13-32(17-20)18(2)33;1-15(2,3)22-14(19)17-9-8-12(10-17)16-11-4-6-13(7-5-11)18(20)21;1-3-12(19)17-9-5-4-6-10(7-9)21-13-11(20-2)8-16-14(15)18-13;1-9(16)14-7-6-11(8-14)13-10-2-4-12(5-3-10)15(17)18;1-9(16)15-7-6-12(8-15)14-11-4-2-10(13)3-5-11;14-13(15)10-3-1-8(2-4-10)12-9-5-6-11-7-9;1-2(3)4;;;;/h4-11,15-16,20H,1,12-14,17H2,2-3H3,(H,29,34)(H,28,30,31);4-7,12,16H,8-10H2,1-3H3;3-8H,1H2,2H3,(H,17,19);2-5,11,13H,6-8H2,1H3;2-5,12,14H,6-8,13H2,1H3;1-4,9,11-12H,5-7H2;1H3;4*1H2/t20-;12-;;11-;12-;9-;;;;;/m10.000...../s1. The summed E-state index contributed by atoms with van der Waals surface area (Å²) in [6.07, 6.45) is 10.8. The lowest BCUT2D eigenvalue weighted by molar-refractivity contribution is -0.385. The van der Waals surface area contributed by atoms with Gasteiger partial charge in [-0.1, -0.05) is 37.4 Å². The van der Waals surface area contributed by atoms with Crippen LogP contribution in [0.1, 0.15) is 86.1 Å². The second-order valence-electron chi connectivity index (χ2n) is 31.5. The molecule has 0 saturated carbocycles. The number of hydrogen-bond donors (Lipinski definition) is 9. The second kappa shape index (κ2) is 58.0. The normalized spacial score (nSPS) is 15.6. The molecule has 5 aliphatic rings. The van der Waals surface area contributed by atoms with Crippen molar-refractivity contribution in [1.82, 2.24) is 44.9 Å². The molecule has 5 atom stereocenters. The molecular formula is C92H118Cl2N20O18S4. The fourth-order valence-electron chi connectivity index (χ4n) is 13.6. The molecule has 5 fully saturated rings. The molecule has 7 heterocycles. The van der Waals surface area contributed by atoms with E-state index in [2.05, 4.69) is 99.4 Å². The van der Waals surface area contributed by atoms with Crippen LogP contribution in [0.15, 0.2) is 208 Å². The number of benzene rings is 7. The summed E-state index contributed by atoms with van der Waals surface area (Å²) < 4.78 is 27.3. The Balaban J connectivity index is 0.000000345. The van der Waals surface area contributed by atoms with E-state index in [9.17, 15) is 63.9 Å². The van der Waals surface area contributed by atoms with Gasteiger partial charge in [-0.15, -0.1) is 0 Å². The lowest BCUT2D eigenvalue weighted by Crippen LogP contribution is -2.36. The SMILES string of the molecule is C=CC(=O)Nc1cccc(Oc2nc(Cl)ncc2OC)c1.C=CC(=O)Nc1cccc(Oc2nc(Nc3ccc(C[C@H]4CCN(C(C)=O)C4)cc3)ncc2OC)c1.CC(=O)Cl.CC(=O)N1CC[C@H](Nc2ccc(N)cc2)C1.CC(=O)N1CC[C@H](Nc2ccc([N+](=O)[O-])cc2)C1.CC(C)(C)OC(=O)N1CC[C@H](Nc2ccc([N+](=O)[O-])cc2)C1.O=[N+]([O-])c1ccc(N[C@H]2CCNC2)cc1.S.S.S.S. The van der Waals surface area contributed by atoms with Crippen molar-refractivity contribution in [3.05, 3.63) is 249 Å². The lowest BCUT2D eigenvalue weighted by atomic mass is 9.98. The minimum atomic E-state index is -0.499. The van der Waals surface area contributed by atoms with Crippen molar-refractivity contribution in [2.45, 2.75) is 117 Å². The number of nitro groups is 3. The minimum absolute atomic E-state index is 0. The van der Waals surface area contributed by atoms with Crippen LogP contribution >= 0.6 is 77.2 Å². The van der Waals surface area contributed by atoms with E-state index in [0.29, 0.717) is 78.0 Å². The predicted molar refractivity (Wildman–Crippen MR) is 548 cm³/mol. The zero-order valence-corrected chi connectivity index (χ0v) is 82.2. The first-order valence-electron chi connectivity index (χ1n) is 42.0. The molecule has 5 saturated heterocycles. The molecule has 0 spiro atoms. The molecule has 0 aliphatic carbocycles. The molecule has 44 heteroatoms. The maximum absolute atomic E-state index is 12.0. The molecule has 0 bridgehead atoms. The van der Waals surface area contributed by atoms with Crippen molar-refractivity contribution in [3.8, 4) is 34.8 Å². The molecule has 7 aromatic carbocycles. The van der Waals surface area contributed by atoms with E-state index in [1.54, 1.807) is 116 Å². The third kappa shape index (κ3) is 40.4. The van der Waals surface area contributed by atoms with Gasteiger partial charge in [0.15, 0.2) is 11.5 Å². The number of halogens is 2. The van der Waals surface area contributed by atoms with Gasteiger partial charge in [0.2, 0.25) is 46.0 Å². The molecule has 10 N–H and O–H groups in total. The van der Waals surface area contributed by atoms with E-state index >= 15 is 0 Å². The summed E-state index contributed by atoms with van der Waals surface area (Å²) >= 11 is 10.4. The molecule has 6 amide bonds. The molecule has 5 aliphatic heterocycles. The Hall–Kier alpha value is -13.4. The third-order valence-electron chi connectivity index (χ3n) is 20.1. The zero-order chi connectivity index (χ0) is 96.0. The van der Waals surface area contributed by atoms with E-state index in [0.717, 1.165) is 118 Å². The van der Waals surface area contributed by atoms with E-state index in [1.807, 2.05) is 67.0 Å². The van der Waals surface area contributed by atoms with Crippen LogP contribution in [-0.4, -0.2) is 205 Å². The Kier molecular flexibility index (Phi) is 49.0. The Labute approximate surface area is 827 Å². The maximum Gasteiger partial charge on any atom is 0.410 e. The van der Waals surface area contributed by atoms with Gasteiger partial charge in [-0.25, -0.2) is 14.8 Å². The van der Waals surface area contributed by atoms with Gasteiger partial charge in [-0.05, 0) is 210 Å². The number of nitrogens with one attached hydrogen (secondary N) is 8. The number of non-ortho nitro benzene ring substituents is 3. The summed E-state index contributed by atoms with van der Waals surface area (Å²) in [4.78, 5) is 132. The summed E-state index contributed by atoms with van der Waals surface area (Å²) in [7, 11) is 2.98. The highest BCUT2D eigenvalue weighted by atomic mass is 35.5. The van der Waals surface area contributed by atoms with E-state index in [-0.39, 0.29) is 146 Å². The van der Waals surface area contributed by atoms with Gasteiger partial charge in [-0.2, -0.15) is 64.0 Å². The maximum atomic E-state index is 12.0. The fraction of sp³-hybridized carbons (Fsp3) is 0.337. The van der Waals surface area contributed by atoms with Crippen LogP contribution in [0.5, 0.6) is 34.8 Å². The number of hydrogen-bond acceptors (Lipinski definition) is 29. The predicted octanol–water partition coefficient (Wildman–Crippen LogP) is 16.1. The number of nitro benzene ring substituents is 3. The highest BCUT2D eigenvalue weighted by Gasteiger charge is 2.31. The van der Waals surface area contributed by atoms with Crippen molar-refractivity contribution in [3.63, 3.8) is 0 Å². The van der Waals surface area contributed by atoms with Crippen LogP contribution in [0.2, 0.25) is 5.28 Å². The number of ether oxygens (including phenoxy) is 5. The van der Waals surface area contributed by atoms with Crippen LogP contribution in [-0.2, 0) is 39.9 Å². The van der Waals surface area contributed by atoms with Gasteiger partial charge in [0.25, 0.3) is 28.8 Å². The number of amides is 6. The van der Waals surface area contributed by atoms with Crippen molar-refractivity contribution in [2.75, 3.05) is 123 Å². The number of likely N-dealkylation sites (tertiary alicyclic amines) is 4. The second-order valence-corrected chi connectivity index (χ2v) is 32.3. The summed E-state index contributed by atoms with van der Waals surface area (Å²) in [6.45, 7) is 26.4. The Morgan fingerprint density at radius 2 is 0.882 bits per heavy atom. The van der Waals surface area contributed by atoms with Crippen LogP contribution in [0.3, 0.4) is 0 Å². The number of carbonyl (C=O) groups excluding carboxylic acids is 7. The quantitative estimate of drug-likeness (QED) is 0.00641. The van der Waals surface area contributed by atoms with Crippen molar-refractivity contribution < 1.29 is 72.0 Å². The first-order chi connectivity index (χ1) is 63.0. The Morgan fingerprint density at radius 1 is 0.507 bits per heavy atom. The van der Waals surface area contributed by atoms with E-state index in [4.69, 9.17) is 41.0 Å². The number of nitrogen functional groups attached to an aromatic ring is 1. The summed E-state index contributed by atoms with van der Waals surface area (Å²) in [6, 6.07) is 49.7. The summed E-state index contributed by atoms with van der Waals surface area (Å²) in [5, 5.41) is 56.3. The van der Waals surface area contributed by atoms with E-state index in [1.165, 1.54) is 87.7 Å². The molecule has 0 radical (unpaired) electrons. The monoisotopic (exact) mass is 1990 g/mol. The largest absolute Gasteiger partial charge is 0.490 e. The van der Waals surface area contributed by atoms with Crippen molar-refractivity contribution in [2.24, 2.45) is 5.92 Å². The Bertz CT molecular complexity index is 5410. The number of nitrogens with two attached hydrogens (primary N) is 1. The molecule has 14 rings (SSSR count). The number of methoxy groups -OCH3 is 2. The number of nitrogens with zero attached hydrogens (tertiary/aromatic N) is 11. The van der Waals surface area contributed by atoms with Crippen LogP contribution in [0.4, 0.5) is 73.3 Å². The van der Waals surface area contributed by atoms with Gasteiger partial charge < -0.3 is 91.6 Å². The van der Waals surface area contributed by atoms with Gasteiger partial charge in [0.1, 0.15) is 17.1 Å². The molecule has 2 aromatic heterocycles. The molecular weight excluding hydrogens is 1870 g/mol. The van der Waals surface area contributed by atoms with Gasteiger partial charge in [-0.3, -0.25) is 59.1 Å². The molecule has 0 unspecified atom stereocenters. The first-order valence-corrected chi connectivity index (χ1v) is 42.8. The topological polar surface area (TPSA) is 482 Å². The summed E-state index contributed by atoms with van der Waals surface area (Å²) in [5.74, 6) is 2.66. The van der Waals surface area contributed by atoms with Crippen molar-refractivity contribution >= 4 is 187 Å². The number of rotatable bonds is 25. The van der Waals surface area contributed by atoms with Crippen LogP contribution < -0.4 is 67.2 Å². The third-order valence-corrected chi connectivity index (χ3v) is 20.3. The number of carbonyl (C=O) groups is 7. The summed E-state index contributed by atoms with van der Waals surface area (Å²) in [5.41, 5.74) is 13.0. The van der Waals surface area contributed by atoms with Crippen molar-refractivity contribution in [1.29, 1.82) is 0 Å². The zero-order valence-electron chi connectivity index (χ0n) is 76.7. The van der Waals surface area contributed by atoms with Crippen LogP contribution in [0.25, 0.3) is 0 Å². The van der Waals surface area contributed by atoms with Gasteiger partial charge in [0, 0.05) is 205 Å². The van der Waals surface area contributed by atoms with Gasteiger partial charge >= 0.3 is 6.09 Å². The highest BCUT2D eigenvalue weighted by Crippen LogP contribution is 2.35. The average molecular weight is 1990 g/mol. The molecule has 38 nitrogen and oxygen atoms in total. The molecule has 9 aromatic rings. The average Bonchev–Trinajstić information content (AvgIpc) is 1.30. The fourth-order valence-corrected chi connectivity index (χ4v) is 13.7. The van der Waals surface area contributed by atoms with Crippen LogP contribution in [0, 0.1) is 36.3 Å². The number of anilines is 9. The minimum Gasteiger partial charge on any atom is -0.490 e. The smallest absolute Gasteiger partial charge is 0.410 e. The molecule has 732 valence electrons. The van der Waals surface area contributed by atoms with E-state index < -0.39 is 15.4 Å². The molecule has 136 heavy (non-hydrogen) atoms. The Morgan fingerprint density at radius 3 is 1.26 bits per heavy atom.